The van der Waals surface area contributed by atoms with Gasteiger partial charge in [0.25, 0.3) is 0 Å². The molecule has 1 aliphatic rings. The minimum atomic E-state index is -0.692. The summed E-state index contributed by atoms with van der Waals surface area (Å²) in [7, 11) is 1.41. The van der Waals surface area contributed by atoms with Gasteiger partial charge in [0.15, 0.2) is 0 Å². The Kier molecular flexibility index (Phi) is 5.46. The second kappa shape index (κ2) is 7.95. The molecule has 0 heterocycles. The lowest BCUT2D eigenvalue weighted by molar-refractivity contribution is -0.147. The lowest BCUT2D eigenvalue weighted by Crippen LogP contribution is -2.35. The monoisotopic (exact) mass is 334 g/mol. The third-order valence-corrected chi connectivity index (χ3v) is 4.37. The summed E-state index contributed by atoms with van der Waals surface area (Å²) in [5, 5.41) is 0. The zero-order valence-corrected chi connectivity index (χ0v) is 14.4. The van der Waals surface area contributed by atoms with Gasteiger partial charge in [-0.05, 0) is 16.7 Å². The van der Waals surface area contributed by atoms with Gasteiger partial charge in [-0.3, -0.25) is 4.79 Å². The molecule has 1 unspecified atom stereocenters. The molecule has 0 amide bonds. The van der Waals surface area contributed by atoms with Crippen LogP contribution in [0.2, 0.25) is 0 Å². The van der Waals surface area contributed by atoms with Crippen molar-refractivity contribution in [2.45, 2.75) is 25.0 Å². The first-order valence-corrected chi connectivity index (χ1v) is 8.39. The van der Waals surface area contributed by atoms with E-state index in [1.807, 2.05) is 60.7 Å². The van der Waals surface area contributed by atoms with Crippen molar-refractivity contribution in [3.63, 3.8) is 0 Å². The molecule has 0 aromatic heterocycles. The van der Waals surface area contributed by atoms with Crippen LogP contribution < -0.4 is 0 Å². The van der Waals surface area contributed by atoms with Crippen LogP contribution in [0.3, 0.4) is 0 Å². The summed E-state index contributed by atoms with van der Waals surface area (Å²) in [6.45, 7) is 0.449. The van der Waals surface area contributed by atoms with Crippen molar-refractivity contribution in [2.24, 2.45) is 0 Å². The number of carbonyl (C=O) groups is 1. The minimum Gasteiger partial charge on any atom is -0.469 e. The Morgan fingerprint density at radius 2 is 1.72 bits per heavy atom. The summed E-state index contributed by atoms with van der Waals surface area (Å²) in [6.07, 6.45) is 6.85. The first-order chi connectivity index (χ1) is 12.2. The molecular formula is C22H22O3. The van der Waals surface area contributed by atoms with Crippen LogP contribution in [0.4, 0.5) is 0 Å². The molecule has 128 valence electrons. The second-order valence-corrected chi connectivity index (χ2v) is 6.19. The Balaban J connectivity index is 1.81. The van der Waals surface area contributed by atoms with Crippen LogP contribution in [0.25, 0.3) is 5.57 Å². The van der Waals surface area contributed by atoms with Crippen molar-refractivity contribution in [1.29, 1.82) is 0 Å². The van der Waals surface area contributed by atoms with E-state index in [9.17, 15) is 4.79 Å². The molecule has 0 fully saturated rings. The maximum Gasteiger partial charge on any atom is 0.308 e. The Labute approximate surface area is 148 Å². The number of ether oxygens (including phenoxy) is 2. The van der Waals surface area contributed by atoms with E-state index in [0.717, 1.165) is 16.7 Å². The number of hydrogen-bond donors (Lipinski definition) is 0. The van der Waals surface area contributed by atoms with Gasteiger partial charge in [-0.2, -0.15) is 0 Å². The lowest BCUT2D eigenvalue weighted by Gasteiger charge is -2.33. The summed E-state index contributed by atoms with van der Waals surface area (Å²) in [4.78, 5) is 12.0. The van der Waals surface area contributed by atoms with Gasteiger partial charge >= 0.3 is 5.97 Å². The van der Waals surface area contributed by atoms with Crippen molar-refractivity contribution < 1.29 is 14.3 Å². The molecule has 2 aromatic carbocycles. The fourth-order valence-corrected chi connectivity index (χ4v) is 3.02. The van der Waals surface area contributed by atoms with Gasteiger partial charge in [0.05, 0.1) is 20.1 Å². The molecular weight excluding hydrogens is 312 g/mol. The number of allylic oxidation sites excluding steroid dienone is 2. The summed E-state index contributed by atoms with van der Waals surface area (Å²) in [5.74, 6) is -0.271. The second-order valence-electron chi connectivity index (χ2n) is 6.19. The van der Waals surface area contributed by atoms with Gasteiger partial charge in [0.1, 0.15) is 5.60 Å². The first kappa shape index (κ1) is 17.2. The highest BCUT2D eigenvalue weighted by molar-refractivity contribution is 5.75. The number of benzene rings is 2. The van der Waals surface area contributed by atoms with E-state index >= 15 is 0 Å². The van der Waals surface area contributed by atoms with Crippen molar-refractivity contribution in [2.75, 3.05) is 7.11 Å². The summed E-state index contributed by atoms with van der Waals surface area (Å²) < 4.78 is 11.2. The molecule has 0 saturated carbocycles. The van der Waals surface area contributed by atoms with Gasteiger partial charge in [0, 0.05) is 6.42 Å². The molecule has 3 rings (SSSR count). The standard InChI is InChI=1S/C22H22O3/c1-24-21(23)16-22(25-17-18-9-4-2-5-10-18)14-8-13-20(15-22)19-11-6-3-7-12-19/h2-14H,15-17H2,1H3. The molecule has 25 heavy (non-hydrogen) atoms. The molecule has 2 aromatic rings. The van der Waals surface area contributed by atoms with Gasteiger partial charge in [-0.1, -0.05) is 78.9 Å². The first-order valence-electron chi connectivity index (χ1n) is 8.39. The molecule has 0 N–H and O–H groups in total. The third kappa shape index (κ3) is 4.46. The van der Waals surface area contributed by atoms with Gasteiger partial charge < -0.3 is 9.47 Å². The zero-order chi connectivity index (χ0) is 17.5. The van der Waals surface area contributed by atoms with Gasteiger partial charge in [-0.25, -0.2) is 0 Å². The van der Waals surface area contributed by atoms with Crippen LogP contribution in [-0.4, -0.2) is 18.7 Å². The predicted octanol–water partition coefficient (Wildman–Crippen LogP) is 4.55. The number of carbonyl (C=O) groups excluding carboxylic acids is 1. The largest absolute Gasteiger partial charge is 0.469 e. The SMILES string of the molecule is COC(=O)CC1(OCc2ccccc2)C=CC=C(c2ccccc2)C1. The van der Waals surface area contributed by atoms with Crippen LogP contribution in [0.5, 0.6) is 0 Å². The van der Waals surface area contributed by atoms with Crippen LogP contribution in [0.1, 0.15) is 24.0 Å². The average Bonchev–Trinajstić information content (AvgIpc) is 2.68. The van der Waals surface area contributed by atoms with Crippen LogP contribution in [0, 0.1) is 0 Å². The van der Waals surface area contributed by atoms with Crippen LogP contribution in [-0.2, 0) is 20.9 Å². The van der Waals surface area contributed by atoms with Crippen molar-refractivity contribution in [3.05, 3.63) is 90.0 Å². The van der Waals surface area contributed by atoms with E-state index in [1.165, 1.54) is 7.11 Å². The predicted molar refractivity (Wildman–Crippen MR) is 98.8 cm³/mol. The molecule has 0 bridgehead atoms. The Bertz CT molecular complexity index is 762. The zero-order valence-electron chi connectivity index (χ0n) is 14.4. The van der Waals surface area contributed by atoms with Crippen LogP contribution >= 0.6 is 0 Å². The van der Waals surface area contributed by atoms with Crippen molar-refractivity contribution >= 4 is 11.5 Å². The molecule has 1 aliphatic carbocycles. The molecule has 3 heteroatoms. The van der Waals surface area contributed by atoms with E-state index in [2.05, 4.69) is 18.2 Å². The highest BCUT2D eigenvalue weighted by atomic mass is 16.5. The fraction of sp³-hybridized carbons (Fsp3) is 0.227. The van der Waals surface area contributed by atoms with Gasteiger partial charge in [-0.15, -0.1) is 0 Å². The van der Waals surface area contributed by atoms with Crippen molar-refractivity contribution in [3.8, 4) is 0 Å². The lowest BCUT2D eigenvalue weighted by atomic mass is 9.84. The van der Waals surface area contributed by atoms with Crippen molar-refractivity contribution in [1.82, 2.24) is 0 Å². The Morgan fingerprint density at radius 1 is 1.04 bits per heavy atom. The Morgan fingerprint density at radius 3 is 2.40 bits per heavy atom. The molecule has 3 nitrogen and oxygen atoms in total. The quantitative estimate of drug-likeness (QED) is 0.727. The topological polar surface area (TPSA) is 35.5 Å². The minimum absolute atomic E-state index is 0.191. The maximum absolute atomic E-state index is 12.0. The molecule has 0 spiro atoms. The fourth-order valence-electron chi connectivity index (χ4n) is 3.02. The van der Waals surface area contributed by atoms with E-state index in [0.29, 0.717) is 13.0 Å². The molecule has 0 aliphatic heterocycles. The number of esters is 1. The normalized spacial score (nSPS) is 19.3. The maximum atomic E-state index is 12.0. The smallest absolute Gasteiger partial charge is 0.308 e. The summed E-state index contributed by atoms with van der Waals surface area (Å²) in [6, 6.07) is 20.2. The van der Waals surface area contributed by atoms with Crippen LogP contribution in [0.15, 0.2) is 78.9 Å². The van der Waals surface area contributed by atoms with E-state index in [-0.39, 0.29) is 12.4 Å². The third-order valence-electron chi connectivity index (χ3n) is 4.37. The average molecular weight is 334 g/mol. The Hall–Kier alpha value is -2.65. The van der Waals surface area contributed by atoms with E-state index < -0.39 is 5.60 Å². The number of hydrogen-bond acceptors (Lipinski definition) is 3. The number of methoxy groups -OCH3 is 1. The van der Waals surface area contributed by atoms with E-state index in [4.69, 9.17) is 9.47 Å². The highest BCUT2D eigenvalue weighted by Crippen LogP contribution is 2.36. The molecule has 0 radical (unpaired) electrons. The summed E-state index contributed by atoms with van der Waals surface area (Å²) in [5.41, 5.74) is 2.68. The van der Waals surface area contributed by atoms with Gasteiger partial charge in [0.2, 0.25) is 0 Å². The summed E-state index contributed by atoms with van der Waals surface area (Å²) >= 11 is 0. The van der Waals surface area contributed by atoms with E-state index in [1.54, 1.807) is 0 Å². The number of rotatable bonds is 6. The molecule has 1 atom stereocenters. The highest BCUT2D eigenvalue weighted by Gasteiger charge is 2.34. The molecule has 0 saturated heterocycles.